The fraction of sp³-hybridized carbons (Fsp3) is 0.276. The molecule has 3 N–H and O–H groups in total. The van der Waals surface area contributed by atoms with Crippen molar-refractivity contribution in [3.63, 3.8) is 0 Å². The Kier molecular flexibility index (Phi) is 8.80. The highest BCUT2D eigenvalue weighted by molar-refractivity contribution is 7.88. The Bertz CT molecular complexity index is 1790. The number of hydrogen-bond donors (Lipinski definition) is 3. The van der Waals surface area contributed by atoms with E-state index in [0.29, 0.717) is 17.7 Å². The van der Waals surface area contributed by atoms with Crippen molar-refractivity contribution in [1.82, 2.24) is 15.6 Å². The van der Waals surface area contributed by atoms with Gasteiger partial charge in [-0.05, 0) is 47.5 Å². The number of rotatable bonds is 14. The third-order valence-electron chi connectivity index (χ3n) is 5.76. The van der Waals surface area contributed by atoms with E-state index in [0.717, 1.165) is 17.0 Å². The van der Waals surface area contributed by atoms with Crippen LogP contribution in [-0.4, -0.2) is 45.2 Å². The van der Waals surface area contributed by atoms with Crippen molar-refractivity contribution in [1.29, 1.82) is 0 Å². The van der Waals surface area contributed by atoms with Crippen LogP contribution in [0.5, 0.6) is 0 Å². The lowest BCUT2D eigenvalue weighted by molar-refractivity contribution is -0.123. The molecule has 0 spiro atoms. The molecular formula is C29H32N4O6S3. The number of anilines is 1. The fourth-order valence-electron chi connectivity index (χ4n) is 3.77. The molecule has 13 heteroatoms. The van der Waals surface area contributed by atoms with Gasteiger partial charge in [0.25, 0.3) is 0 Å². The molecule has 0 aliphatic rings. The number of methoxy groups -OCH3 is 1. The molecule has 0 aliphatic carbocycles. The van der Waals surface area contributed by atoms with Gasteiger partial charge in [0.05, 0.1) is 42.9 Å². The molecule has 4 rings (SSSR count). The summed E-state index contributed by atoms with van der Waals surface area (Å²) in [6.07, 6.45) is -0.645. The number of nitrogens with zero attached hydrogens (tertiary/aromatic N) is 1. The summed E-state index contributed by atoms with van der Waals surface area (Å²) in [5, 5.41) is 9.76. The zero-order valence-electron chi connectivity index (χ0n) is 27.7. The SMILES string of the molecule is [2H]c1c([2H])c([2H])c(C[C@H](NC(=O)OC)C(=O)N[C@@H](Cc2ccc(NS(=O)(=O)OCCC)cc2)c2csc(-c3cccs3)n2)c([2H])c1[2H]. The van der Waals surface area contributed by atoms with Crippen LogP contribution in [0.4, 0.5) is 10.5 Å². The number of thiazole rings is 1. The predicted octanol–water partition coefficient (Wildman–Crippen LogP) is 5.32. The normalized spacial score (nSPS) is 14.4. The molecular weight excluding hydrogens is 597 g/mol. The highest BCUT2D eigenvalue weighted by atomic mass is 32.2. The van der Waals surface area contributed by atoms with E-state index < -0.39 is 71.0 Å². The van der Waals surface area contributed by atoms with Gasteiger partial charge in [-0.15, -0.1) is 22.7 Å². The minimum absolute atomic E-state index is 0.0397. The summed E-state index contributed by atoms with van der Waals surface area (Å²) in [6.45, 7) is 1.83. The highest BCUT2D eigenvalue weighted by Gasteiger charge is 2.26. The van der Waals surface area contributed by atoms with Crippen molar-refractivity contribution in [3.8, 4) is 9.88 Å². The van der Waals surface area contributed by atoms with Crippen molar-refractivity contribution in [3.05, 3.63) is 94.2 Å². The first kappa shape index (κ1) is 24.8. The van der Waals surface area contributed by atoms with Crippen LogP contribution >= 0.6 is 22.7 Å². The molecule has 0 saturated carbocycles. The second kappa shape index (κ2) is 14.9. The van der Waals surface area contributed by atoms with Crippen LogP contribution in [0, 0.1) is 0 Å². The molecule has 10 nitrogen and oxygen atoms in total. The quantitative estimate of drug-likeness (QED) is 0.171. The number of nitrogens with one attached hydrogen (secondary N) is 3. The van der Waals surface area contributed by atoms with E-state index in [1.807, 2.05) is 17.5 Å². The number of benzene rings is 2. The molecule has 0 bridgehead atoms. The first-order valence-electron chi connectivity index (χ1n) is 15.3. The lowest BCUT2D eigenvalue weighted by atomic mass is 10.0. The van der Waals surface area contributed by atoms with E-state index in [1.165, 1.54) is 22.7 Å². The van der Waals surface area contributed by atoms with E-state index in [-0.39, 0.29) is 24.3 Å². The Balaban J connectivity index is 1.64. The van der Waals surface area contributed by atoms with E-state index >= 15 is 0 Å². The first-order chi connectivity index (χ1) is 22.3. The van der Waals surface area contributed by atoms with Gasteiger partial charge >= 0.3 is 16.4 Å². The standard InChI is InChI=1S/C29H32N4O6S3/c1-3-15-39-42(36,37)33-22-13-11-21(12-14-22)17-23(25-19-41-28(31-25)26-10-7-16-40-26)30-27(34)24(32-29(35)38-2)18-20-8-5-4-6-9-20/h4-14,16,19,23-24,33H,3,15,17-18H2,1-2H3,(H,30,34)(H,32,35)/t23-,24-/m0/s1/i4D,5D,6D,8D,9D. The Morgan fingerprint density at radius 1 is 1.02 bits per heavy atom. The number of aromatic nitrogens is 1. The molecule has 0 radical (unpaired) electrons. The maximum absolute atomic E-state index is 13.8. The van der Waals surface area contributed by atoms with Gasteiger partial charge in [0.1, 0.15) is 11.0 Å². The van der Waals surface area contributed by atoms with Crippen LogP contribution in [0.1, 0.15) is 43.1 Å². The van der Waals surface area contributed by atoms with Crippen LogP contribution in [0.3, 0.4) is 0 Å². The van der Waals surface area contributed by atoms with Crippen LogP contribution in [0.15, 0.2) is 77.4 Å². The molecule has 222 valence electrons. The molecule has 2 heterocycles. The van der Waals surface area contributed by atoms with Crippen molar-refractivity contribution < 1.29 is 33.8 Å². The van der Waals surface area contributed by atoms with Crippen molar-refractivity contribution in [2.24, 2.45) is 0 Å². The summed E-state index contributed by atoms with van der Waals surface area (Å²) in [5.41, 5.74) is 1.35. The molecule has 2 aromatic heterocycles. The molecule has 0 saturated heterocycles. The van der Waals surface area contributed by atoms with Crippen LogP contribution in [-0.2, 0) is 36.9 Å². The number of carbonyl (C=O) groups is 2. The number of amides is 2. The zero-order chi connectivity index (χ0) is 34.3. The minimum atomic E-state index is -3.99. The van der Waals surface area contributed by atoms with E-state index in [9.17, 15) is 18.0 Å². The molecule has 2 amide bonds. The summed E-state index contributed by atoms with van der Waals surface area (Å²) in [7, 11) is -2.88. The fourth-order valence-corrected chi connectivity index (χ4v) is 6.32. The monoisotopic (exact) mass is 633 g/mol. The topological polar surface area (TPSA) is 136 Å². The van der Waals surface area contributed by atoms with Gasteiger partial charge in [-0.25, -0.2) is 9.78 Å². The summed E-state index contributed by atoms with van der Waals surface area (Å²) in [4.78, 5) is 31.8. The van der Waals surface area contributed by atoms with E-state index in [2.05, 4.69) is 15.4 Å². The molecule has 2 aromatic carbocycles. The molecule has 0 fully saturated rings. The van der Waals surface area contributed by atoms with Crippen LogP contribution in [0.2, 0.25) is 0 Å². The Morgan fingerprint density at radius 3 is 2.45 bits per heavy atom. The highest BCUT2D eigenvalue weighted by Crippen LogP contribution is 2.31. The Morgan fingerprint density at radius 2 is 1.79 bits per heavy atom. The number of ether oxygens (including phenoxy) is 1. The van der Waals surface area contributed by atoms with Crippen molar-refractivity contribution in [2.45, 2.75) is 38.3 Å². The molecule has 2 atom stereocenters. The predicted molar refractivity (Wildman–Crippen MR) is 165 cm³/mol. The third-order valence-corrected chi connectivity index (χ3v) is 8.62. The lowest BCUT2D eigenvalue weighted by Crippen LogP contribution is -2.49. The maximum Gasteiger partial charge on any atom is 0.407 e. The van der Waals surface area contributed by atoms with E-state index in [4.69, 9.17) is 20.8 Å². The number of alkyl carbamates (subject to hydrolysis) is 1. The summed E-state index contributed by atoms with van der Waals surface area (Å²) >= 11 is 2.89. The molecule has 42 heavy (non-hydrogen) atoms. The Labute approximate surface area is 260 Å². The Hall–Kier alpha value is -3.78. The lowest BCUT2D eigenvalue weighted by Gasteiger charge is -2.23. The number of carbonyl (C=O) groups excluding carboxylic acids is 2. The second-order valence-corrected chi connectivity index (χ2v) is 12.0. The van der Waals surface area contributed by atoms with Gasteiger partial charge < -0.3 is 15.4 Å². The number of thiophene rings is 1. The average Bonchev–Trinajstić information content (AvgIpc) is 3.77. The second-order valence-electron chi connectivity index (χ2n) is 8.89. The largest absolute Gasteiger partial charge is 0.453 e. The zero-order valence-corrected chi connectivity index (χ0v) is 25.2. The van der Waals surface area contributed by atoms with Gasteiger partial charge in [-0.3, -0.25) is 13.7 Å². The molecule has 0 aliphatic heterocycles. The van der Waals surface area contributed by atoms with Crippen LogP contribution < -0.4 is 15.4 Å². The van der Waals surface area contributed by atoms with Crippen molar-refractivity contribution >= 4 is 50.7 Å². The van der Waals surface area contributed by atoms with Gasteiger partial charge in [0, 0.05) is 11.8 Å². The minimum Gasteiger partial charge on any atom is -0.453 e. The van der Waals surface area contributed by atoms with Gasteiger partial charge in [0.15, 0.2) is 0 Å². The molecule has 4 aromatic rings. The first-order valence-corrected chi connectivity index (χ1v) is 16.0. The number of hydrogen-bond acceptors (Lipinski definition) is 9. The maximum atomic E-state index is 13.8. The summed E-state index contributed by atoms with van der Waals surface area (Å²) in [5.74, 6) is -0.713. The third kappa shape index (κ3) is 9.11. The summed E-state index contributed by atoms with van der Waals surface area (Å²) < 4.78 is 76.6. The van der Waals surface area contributed by atoms with E-state index in [1.54, 1.807) is 36.6 Å². The van der Waals surface area contributed by atoms with Gasteiger partial charge in [-0.1, -0.05) is 55.3 Å². The molecule has 0 unspecified atom stereocenters. The summed E-state index contributed by atoms with van der Waals surface area (Å²) in [6, 6.07) is 5.45. The van der Waals surface area contributed by atoms with Gasteiger partial charge in [-0.2, -0.15) is 8.42 Å². The van der Waals surface area contributed by atoms with Crippen molar-refractivity contribution in [2.75, 3.05) is 18.4 Å². The van der Waals surface area contributed by atoms with Gasteiger partial charge in [0.2, 0.25) is 5.91 Å². The average molecular weight is 634 g/mol. The smallest absolute Gasteiger partial charge is 0.407 e. The van der Waals surface area contributed by atoms with Crippen LogP contribution in [0.25, 0.3) is 9.88 Å².